The van der Waals surface area contributed by atoms with Crippen LogP contribution in [0.5, 0.6) is 0 Å². The predicted molar refractivity (Wildman–Crippen MR) is 86.8 cm³/mol. The third-order valence-electron chi connectivity index (χ3n) is 4.66. The standard InChI is InChI=1S/C18H25NO4/c1-12-7-8-15(16(9-12)18(22)23)17(21)19-14(11-20)10-13-5-3-2-4-6-13/h2-6,12,14-16,20H,7-11H2,1H3,(H,19,21)(H,22,23). The van der Waals surface area contributed by atoms with Gasteiger partial charge in [0.05, 0.1) is 24.5 Å². The number of rotatable bonds is 6. The van der Waals surface area contributed by atoms with Gasteiger partial charge in [-0.1, -0.05) is 37.3 Å². The fourth-order valence-electron chi connectivity index (χ4n) is 3.34. The van der Waals surface area contributed by atoms with E-state index in [1.165, 1.54) is 0 Å². The van der Waals surface area contributed by atoms with Gasteiger partial charge in [-0.25, -0.2) is 0 Å². The third-order valence-corrected chi connectivity index (χ3v) is 4.66. The molecular weight excluding hydrogens is 294 g/mol. The molecule has 126 valence electrons. The predicted octanol–water partition coefficient (Wildman–Crippen LogP) is 1.84. The summed E-state index contributed by atoms with van der Waals surface area (Å²) in [6.45, 7) is 1.86. The van der Waals surface area contributed by atoms with E-state index in [1.807, 2.05) is 37.3 Å². The average Bonchev–Trinajstić information content (AvgIpc) is 2.54. The van der Waals surface area contributed by atoms with Crippen LogP contribution in [0.25, 0.3) is 0 Å². The van der Waals surface area contributed by atoms with E-state index in [0.29, 0.717) is 25.2 Å². The van der Waals surface area contributed by atoms with Crippen LogP contribution in [-0.4, -0.2) is 34.7 Å². The number of aliphatic carboxylic acids is 1. The number of amides is 1. The molecule has 4 atom stereocenters. The Hall–Kier alpha value is -1.88. The van der Waals surface area contributed by atoms with Crippen LogP contribution in [0.15, 0.2) is 30.3 Å². The molecule has 0 spiro atoms. The van der Waals surface area contributed by atoms with Crippen molar-refractivity contribution in [2.24, 2.45) is 17.8 Å². The summed E-state index contributed by atoms with van der Waals surface area (Å²) in [7, 11) is 0. The lowest BCUT2D eigenvalue weighted by molar-refractivity contribution is -0.150. The maximum Gasteiger partial charge on any atom is 0.307 e. The highest BCUT2D eigenvalue weighted by atomic mass is 16.4. The minimum absolute atomic E-state index is 0.165. The van der Waals surface area contributed by atoms with Crippen molar-refractivity contribution in [1.29, 1.82) is 0 Å². The van der Waals surface area contributed by atoms with Crippen molar-refractivity contribution in [1.82, 2.24) is 5.32 Å². The molecule has 1 amide bonds. The highest BCUT2D eigenvalue weighted by Crippen LogP contribution is 2.34. The van der Waals surface area contributed by atoms with E-state index in [4.69, 9.17) is 0 Å². The number of aliphatic hydroxyl groups excluding tert-OH is 1. The minimum Gasteiger partial charge on any atom is -0.481 e. The topological polar surface area (TPSA) is 86.6 Å². The van der Waals surface area contributed by atoms with Crippen LogP contribution in [-0.2, 0) is 16.0 Å². The second-order valence-electron chi connectivity index (χ2n) is 6.55. The first kappa shape index (κ1) is 17.5. The number of carbonyl (C=O) groups is 2. The molecule has 0 aromatic heterocycles. The number of benzene rings is 1. The second kappa shape index (κ2) is 8.11. The molecule has 4 unspecified atom stereocenters. The van der Waals surface area contributed by atoms with Gasteiger partial charge in [0.2, 0.25) is 5.91 Å². The molecule has 0 heterocycles. The van der Waals surface area contributed by atoms with Gasteiger partial charge < -0.3 is 15.5 Å². The molecule has 1 aromatic rings. The highest BCUT2D eigenvalue weighted by molar-refractivity contribution is 5.85. The second-order valence-corrected chi connectivity index (χ2v) is 6.55. The van der Waals surface area contributed by atoms with Gasteiger partial charge >= 0.3 is 5.97 Å². The molecule has 1 aromatic carbocycles. The molecule has 1 aliphatic rings. The molecule has 23 heavy (non-hydrogen) atoms. The smallest absolute Gasteiger partial charge is 0.307 e. The zero-order valence-corrected chi connectivity index (χ0v) is 13.4. The molecule has 0 aliphatic heterocycles. The summed E-state index contributed by atoms with van der Waals surface area (Å²) in [5.41, 5.74) is 1.03. The molecule has 1 aliphatic carbocycles. The van der Waals surface area contributed by atoms with Gasteiger partial charge in [-0.2, -0.15) is 0 Å². The quantitative estimate of drug-likeness (QED) is 0.747. The Labute approximate surface area is 136 Å². The molecule has 0 bridgehead atoms. The molecule has 0 radical (unpaired) electrons. The minimum atomic E-state index is -0.902. The summed E-state index contributed by atoms with van der Waals surface area (Å²) < 4.78 is 0. The number of aliphatic hydroxyl groups is 1. The van der Waals surface area contributed by atoms with Gasteiger partial charge in [-0.3, -0.25) is 9.59 Å². The highest BCUT2D eigenvalue weighted by Gasteiger charge is 2.38. The van der Waals surface area contributed by atoms with Gasteiger partial charge in [-0.05, 0) is 37.2 Å². The first-order valence-corrected chi connectivity index (χ1v) is 8.19. The third kappa shape index (κ3) is 4.79. The van der Waals surface area contributed by atoms with Gasteiger partial charge in [-0.15, -0.1) is 0 Å². The van der Waals surface area contributed by atoms with E-state index < -0.39 is 23.8 Å². The Bertz CT molecular complexity index is 531. The summed E-state index contributed by atoms with van der Waals surface area (Å²) in [4.78, 5) is 23.9. The lowest BCUT2D eigenvalue weighted by atomic mass is 9.74. The summed E-state index contributed by atoms with van der Waals surface area (Å²) in [6.07, 6.45) is 2.53. The van der Waals surface area contributed by atoms with Crippen molar-refractivity contribution in [2.45, 2.75) is 38.6 Å². The van der Waals surface area contributed by atoms with Crippen LogP contribution in [0.2, 0.25) is 0 Å². The Kier molecular flexibility index (Phi) is 6.16. The number of hydrogen-bond acceptors (Lipinski definition) is 3. The van der Waals surface area contributed by atoms with Crippen molar-refractivity contribution < 1.29 is 19.8 Å². The van der Waals surface area contributed by atoms with Crippen molar-refractivity contribution in [2.75, 3.05) is 6.61 Å². The first-order valence-electron chi connectivity index (χ1n) is 8.19. The number of carboxylic acids is 1. The SMILES string of the molecule is CC1CCC(C(=O)NC(CO)Cc2ccccc2)C(C(=O)O)C1. The van der Waals surface area contributed by atoms with Gasteiger partial charge in [0.15, 0.2) is 0 Å². The van der Waals surface area contributed by atoms with Crippen LogP contribution < -0.4 is 5.32 Å². The van der Waals surface area contributed by atoms with Crippen LogP contribution >= 0.6 is 0 Å². The zero-order chi connectivity index (χ0) is 16.8. The van der Waals surface area contributed by atoms with Crippen molar-refractivity contribution in [3.8, 4) is 0 Å². The normalized spacial score (nSPS) is 25.6. The molecule has 1 fully saturated rings. The molecule has 5 heteroatoms. The molecule has 1 saturated carbocycles. The number of hydrogen-bond donors (Lipinski definition) is 3. The van der Waals surface area contributed by atoms with Crippen LogP contribution in [0.4, 0.5) is 0 Å². The van der Waals surface area contributed by atoms with Gasteiger partial charge in [0.25, 0.3) is 0 Å². The van der Waals surface area contributed by atoms with Crippen molar-refractivity contribution in [3.05, 3.63) is 35.9 Å². The maximum absolute atomic E-state index is 12.5. The summed E-state index contributed by atoms with van der Waals surface area (Å²) in [6, 6.07) is 9.23. The molecule has 2 rings (SSSR count). The van der Waals surface area contributed by atoms with Crippen molar-refractivity contribution in [3.63, 3.8) is 0 Å². The number of nitrogens with one attached hydrogen (secondary N) is 1. The maximum atomic E-state index is 12.5. The fraction of sp³-hybridized carbons (Fsp3) is 0.556. The van der Waals surface area contributed by atoms with Gasteiger partial charge in [0.1, 0.15) is 0 Å². The lowest BCUT2D eigenvalue weighted by Crippen LogP contribution is -2.46. The van der Waals surface area contributed by atoms with Crippen molar-refractivity contribution >= 4 is 11.9 Å². The van der Waals surface area contributed by atoms with E-state index in [0.717, 1.165) is 12.0 Å². The lowest BCUT2D eigenvalue weighted by Gasteiger charge is -2.32. The van der Waals surface area contributed by atoms with Gasteiger partial charge in [0, 0.05) is 0 Å². The van der Waals surface area contributed by atoms with E-state index in [-0.39, 0.29) is 12.5 Å². The van der Waals surface area contributed by atoms with E-state index >= 15 is 0 Å². The fourth-order valence-corrected chi connectivity index (χ4v) is 3.34. The molecular formula is C18H25NO4. The Morgan fingerprint density at radius 1 is 1.22 bits per heavy atom. The van der Waals surface area contributed by atoms with E-state index in [9.17, 15) is 19.8 Å². The summed E-state index contributed by atoms with van der Waals surface area (Å²) in [5, 5.41) is 21.7. The van der Waals surface area contributed by atoms with Crippen LogP contribution in [0, 0.1) is 17.8 Å². The Morgan fingerprint density at radius 2 is 1.91 bits per heavy atom. The largest absolute Gasteiger partial charge is 0.481 e. The van der Waals surface area contributed by atoms with E-state index in [1.54, 1.807) is 0 Å². The van der Waals surface area contributed by atoms with E-state index in [2.05, 4.69) is 5.32 Å². The monoisotopic (exact) mass is 319 g/mol. The number of carboxylic acid groups (broad SMARTS) is 1. The molecule has 0 saturated heterocycles. The Morgan fingerprint density at radius 3 is 2.52 bits per heavy atom. The zero-order valence-electron chi connectivity index (χ0n) is 13.4. The summed E-state index contributed by atoms with van der Waals surface area (Å²) >= 11 is 0. The van der Waals surface area contributed by atoms with Crippen LogP contribution in [0.3, 0.4) is 0 Å². The first-order chi connectivity index (χ1) is 11.0. The Balaban J connectivity index is 1.99. The number of carbonyl (C=O) groups excluding carboxylic acids is 1. The molecule has 5 nitrogen and oxygen atoms in total. The summed E-state index contributed by atoms with van der Waals surface area (Å²) in [5.74, 6) is -1.96. The molecule has 3 N–H and O–H groups in total. The average molecular weight is 319 g/mol. The van der Waals surface area contributed by atoms with Crippen LogP contribution in [0.1, 0.15) is 31.7 Å².